The summed E-state index contributed by atoms with van der Waals surface area (Å²) in [6, 6.07) is 11.6. The van der Waals surface area contributed by atoms with E-state index in [4.69, 9.17) is 4.74 Å². The maximum Gasteiger partial charge on any atom is 0.387 e. The first-order chi connectivity index (χ1) is 15.4. The van der Waals surface area contributed by atoms with Crippen LogP contribution < -0.4 is 14.8 Å². The van der Waals surface area contributed by atoms with Crippen molar-refractivity contribution in [1.29, 1.82) is 0 Å². The Morgan fingerprint density at radius 3 is 2.69 bits per heavy atom. The molecule has 1 heterocycles. The van der Waals surface area contributed by atoms with Gasteiger partial charge in [-0.25, -0.2) is 4.98 Å². The van der Waals surface area contributed by atoms with Gasteiger partial charge in [0.15, 0.2) is 11.5 Å². The topological polar surface area (TPSA) is 104 Å². The lowest BCUT2D eigenvalue weighted by atomic mass is 10.1. The number of hydrogen-bond donors (Lipinski definition) is 1. The van der Waals surface area contributed by atoms with Gasteiger partial charge in [-0.2, -0.15) is 8.78 Å². The van der Waals surface area contributed by atoms with Crippen molar-refractivity contribution in [2.45, 2.75) is 13.2 Å². The van der Waals surface area contributed by atoms with Crippen molar-refractivity contribution in [3.8, 4) is 22.1 Å². The molecule has 8 nitrogen and oxygen atoms in total. The van der Waals surface area contributed by atoms with E-state index in [9.17, 15) is 23.7 Å². The molecule has 0 atom stereocenters. The van der Waals surface area contributed by atoms with Crippen molar-refractivity contribution in [3.05, 3.63) is 75.3 Å². The number of rotatable bonds is 9. The molecule has 0 aliphatic rings. The van der Waals surface area contributed by atoms with E-state index in [1.165, 1.54) is 24.5 Å². The van der Waals surface area contributed by atoms with Crippen LogP contribution in [0, 0.1) is 10.1 Å². The molecule has 0 saturated heterocycles. The number of amides is 1. The number of methoxy groups -OCH3 is 1. The molecule has 0 aliphatic heterocycles. The number of nitro benzene ring substituents is 1. The van der Waals surface area contributed by atoms with Crippen molar-refractivity contribution >= 4 is 29.0 Å². The van der Waals surface area contributed by atoms with Crippen LogP contribution in [0.15, 0.2) is 53.9 Å². The van der Waals surface area contributed by atoms with Crippen LogP contribution in [0.25, 0.3) is 16.6 Å². The van der Waals surface area contributed by atoms with E-state index >= 15 is 0 Å². The van der Waals surface area contributed by atoms with Gasteiger partial charge >= 0.3 is 6.61 Å². The normalized spacial score (nSPS) is 11.0. The fraction of sp³-hybridized carbons (Fsp3) is 0.143. The predicted octanol–water partition coefficient (Wildman–Crippen LogP) is 4.66. The Kier molecular flexibility index (Phi) is 7.45. The van der Waals surface area contributed by atoms with E-state index in [-0.39, 0.29) is 17.9 Å². The fourth-order valence-electron chi connectivity index (χ4n) is 2.71. The third-order valence-electron chi connectivity index (χ3n) is 4.16. The standard InChI is InChI=1S/C21H17F2N3O5S/c1-30-17-9-14(16(26(28)29)10-18(17)31-21(22)23)7-8-19(27)24-11-15-12-32-20(25-15)13-5-3-2-4-6-13/h2-10,12,21H,11H2,1H3,(H,24,27)/b8-7+. The Balaban J connectivity index is 1.69. The minimum absolute atomic E-state index is 0.0105. The Labute approximate surface area is 185 Å². The third-order valence-corrected chi connectivity index (χ3v) is 5.10. The van der Waals surface area contributed by atoms with Crippen LogP contribution in [0.5, 0.6) is 11.5 Å². The number of carbonyl (C=O) groups is 1. The molecule has 32 heavy (non-hydrogen) atoms. The van der Waals surface area contributed by atoms with Crippen LogP contribution in [0.3, 0.4) is 0 Å². The van der Waals surface area contributed by atoms with Gasteiger partial charge in [0.2, 0.25) is 5.91 Å². The van der Waals surface area contributed by atoms with Crippen molar-refractivity contribution in [2.24, 2.45) is 0 Å². The molecule has 11 heteroatoms. The molecule has 2 aromatic carbocycles. The van der Waals surface area contributed by atoms with Gasteiger partial charge in [0.25, 0.3) is 5.69 Å². The van der Waals surface area contributed by atoms with E-state index in [2.05, 4.69) is 15.0 Å². The second-order valence-electron chi connectivity index (χ2n) is 6.26. The summed E-state index contributed by atoms with van der Waals surface area (Å²) in [6.45, 7) is -3.01. The summed E-state index contributed by atoms with van der Waals surface area (Å²) in [6.07, 6.45) is 2.29. The number of alkyl halides is 2. The lowest BCUT2D eigenvalue weighted by molar-refractivity contribution is -0.385. The number of benzene rings is 2. The number of nitrogens with one attached hydrogen (secondary N) is 1. The number of nitro groups is 1. The summed E-state index contributed by atoms with van der Waals surface area (Å²) < 4.78 is 34.3. The Morgan fingerprint density at radius 1 is 1.28 bits per heavy atom. The van der Waals surface area contributed by atoms with Gasteiger partial charge in [0.1, 0.15) is 5.01 Å². The van der Waals surface area contributed by atoms with E-state index in [0.717, 1.165) is 28.8 Å². The van der Waals surface area contributed by atoms with Crippen molar-refractivity contribution in [3.63, 3.8) is 0 Å². The Bertz CT molecular complexity index is 1140. The summed E-state index contributed by atoms with van der Waals surface area (Å²) >= 11 is 1.44. The molecule has 0 aliphatic carbocycles. The minimum atomic E-state index is -3.18. The fourth-order valence-corrected chi connectivity index (χ4v) is 3.53. The number of thiazole rings is 1. The van der Waals surface area contributed by atoms with Gasteiger partial charge in [-0.05, 0) is 12.1 Å². The molecule has 3 aromatic rings. The number of aromatic nitrogens is 1. The molecule has 0 spiro atoms. The molecule has 3 rings (SSSR count). The van der Waals surface area contributed by atoms with E-state index in [0.29, 0.717) is 5.69 Å². The first-order valence-electron chi connectivity index (χ1n) is 9.14. The smallest absolute Gasteiger partial charge is 0.387 e. The van der Waals surface area contributed by atoms with Gasteiger partial charge in [-0.1, -0.05) is 30.3 Å². The number of carbonyl (C=O) groups excluding carboxylic acids is 1. The minimum Gasteiger partial charge on any atom is -0.493 e. The molecule has 0 unspecified atom stereocenters. The zero-order valence-electron chi connectivity index (χ0n) is 16.7. The Hall–Kier alpha value is -3.86. The van der Waals surface area contributed by atoms with Gasteiger partial charge in [0, 0.05) is 17.0 Å². The van der Waals surface area contributed by atoms with Crippen LogP contribution in [-0.2, 0) is 11.3 Å². The van der Waals surface area contributed by atoms with E-state index in [1.54, 1.807) is 0 Å². The first-order valence-corrected chi connectivity index (χ1v) is 10.0. The van der Waals surface area contributed by atoms with Gasteiger partial charge < -0.3 is 14.8 Å². The Morgan fingerprint density at radius 2 is 2.03 bits per heavy atom. The zero-order valence-corrected chi connectivity index (χ0v) is 17.5. The van der Waals surface area contributed by atoms with Gasteiger partial charge in [0.05, 0.1) is 35.9 Å². The summed E-state index contributed by atoms with van der Waals surface area (Å²) in [7, 11) is 1.21. The van der Waals surface area contributed by atoms with E-state index < -0.39 is 28.9 Å². The summed E-state index contributed by atoms with van der Waals surface area (Å²) in [5.41, 5.74) is 1.10. The molecule has 0 bridgehead atoms. The van der Waals surface area contributed by atoms with E-state index in [1.807, 2.05) is 35.7 Å². The van der Waals surface area contributed by atoms with Gasteiger partial charge in [-0.15, -0.1) is 11.3 Å². The number of halogens is 2. The second-order valence-corrected chi connectivity index (χ2v) is 7.12. The lowest BCUT2D eigenvalue weighted by Crippen LogP contribution is -2.20. The number of nitrogens with zero attached hydrogens (tertiary/aromatic N) is 2. The lowest BCUT2D eigenvalue weighted by Gasteiger charge is -2.10. The highest BCUT2D eigenvalue weighted by Gasteiger charge is 2.20. The highest BCUT2D eigenvalue weighted by atomic mass is 32.1. The third kappa shape index (κ3) is 5.85. The number of hydrogen-bond acceptors (Lipinski definition) is 7. The van der Waals surface area contributed by atoms with Crippen LogP contribution >= 0.6 is 11.3 Å². The average Bonchev–Trinajstić information content (AvgIpc) is 3.25. The van der Waals surface area contributed by atoms with Crippen LogP contribution in [0.4, 0.5) is 14.5 Å². The monoisotopic (exact) mass is 461 g/mol. The largest absolute Gasteiger partial charge is 0.493 e. The SMILES string of the molecule is COc1cc(/C=C/C(=O)NCc2csc(-c3ccccc3)n2)c([N+](=O)[O-])cc1OC(F)F. The predicted molar refractivity (Wildman–Crippen MR) is 115 cm³/mol. The zero-order chi connectivity index (χ0) is 23.1. The molecule has 1 amide bonds. The van der Waals surface area contributed by atoms with Gasteiger partial charge in [-0.3, -0.25) is 14.9 Å². The highest BCUT2D eigenvalue weighted by molar-refractivity contribution is 7.13. The highest BCUT2D eigenvalue weighted by Crippen LogP contribution is 2.36. The molecule has 0 radical (unpaired) electrons. The summed E-state index contributed by atoms with van der Waals surface area (Å²) in [4.78, 5) is 27.2. The molecular formula is C21H17F2N3O5S. The van der Waals surface area contributed by atoms with Crippen molar-refractivity contribution < 1.29 is 28.0 Å². The van der Waals surface area contributed by atoms with Crippen LogP contribution in [0.2, 0.25) is 0 Å². The molecule has 1 N–H and O–H groups in total. The quantitative estimate of drug-likeness (QED) is 0.282. The van der Waals surface area contributed by atoms with Crippen LogP contribution in [0.1, 0.15) is 11.3 Å². The molecule has 0 saturated carbocycles. The molecule has 0 fully saturated rings. The first kappa shape index (κ1) is 22.8. The molecule has 166 valence electrons. The number of ether oxygens (including phenoxy) is 2. The van der Waals surface area contributed by atoms with Crippen molar-refractivity contribution in [1.82, 2.24) is 10.3 Å². The second kappa shape index (κ2) is 10.4. The summed E-state index contributed by atoms with van der Waals surface area (Å²) in [5, 5.41) is 16.6. The molecular weight excluding hydrogens is 444 g/mol. The maximum atomic E-state index is 12.5. The maximum absolute atomic E-state index is 12.5. The van der Waals surface area contributed by atoms with Crippen molar-refractivity contribution in [2.75, 3.05) is 7.11 Å². The van der Waals surface area contributed by atoms with Crippen LogP contribution in [-0.4, -0.2) is 29.5 Å². The summed E-state index contributed by atoms with van der Waals surface area (Å²) in [5.74, 6) is -1.12. The average molecular weight is 461 g/mol. The molecule has 1 aromatic heterocycles.